The van der Waals surface area contributed by atoms with Gasteiger partial charge >= 0.3 is 5.69 Å². The zero-order chi connectivity index (χ0) is 20.8. The Kier molecular flexibility index (Phi) is 4.66. The molecule has 1 aliphatic heterocycles. The number of aryl methyl sites for hydroxylation is 2. The minimum atomic E-state index is -0.316. The summed E-state index contributed by atoms with van der Waals surface area (Å²) in [6.45, 7) is 5.74. The lowest BCUT2D eigenvalue weighted by Gasteiger charge is -2.16. The summed E-state index contributed by atoms with van der Waals surface area (Å²) in [7, 11) is 0. The number of rotatable bonds is 4. The van der Waals surface area contributed by atoms with Crippen molar-refractivity contribution in [2.75, 3.05) is 13.1 Å². The highest BCUT2D eigenvalue weighted by Crippen LogP contribution is 2.33. The summed E-state index contributed by atoms with van der Waals surface area (Å²) < 4.78 is 2.95. The van der Waals surface area contributed by atoms with Crippen molar-refractivity contribution >= 4 is 33.1 Å². The Morgan fingerprint density at radius 1 is 1.17 bits per heavy atom. The predicted molar refractivity (Wildman–Crippen MR) is 118 cm³/mol. The zero-order valence-corrected chi connectivity index (χ0v) is 17.9. The maximum atomic E-state index is 13.4. The second kappa shape index (κ2) is 7.36. The number of aromatic nitrogens is 4. The van der Waals surface area contributed by atoms with Gasteiger partial charge in [0.15, 0.2) is 11.5 Å². The highest BCUT2D eigenvalue weighted by Gasteiger charge is 2.24. The van der Waals surface area contributed by atoms with Crippen molar-refractivity contribution in [3.63, 3.8) is 0 Å². The molecule has 4 aromatic rings. The van der Waals surface area contributed by atoms with Gasteiger partial charge in [0, 0.05) is 23.5 Å². The summed E-state index contributed by atoms with van der Waals surface area (Å²) >= 11 is 1.56. The third-order valence-corrected chi connectivity index (χ3v) is 6.99. The molecule has 0 unspecified atom stereocenters. The molecular weight excluding hydrogens is 398 g/mol. The number of hydrogen-bond donors (Lipinski definition) is 0. The zero-order valence-electron chi connectivity index (χ0n) is 17.1. The van der Waals surface area contributed by atoms with E-state index in [1.165, 1.54) is 4.52 Å². The van der Waals surface area contributed by atoms with Crippen LogP contribution in [-0.4, -0.2) is 43.1 Å². The summed E-state index contributed by atoms with van der Waals surface area (Å²) in [5.74, 6) is 0.506. The van der Waals surface area contributed by atoms with Gasteiger partial charge in [-0.25, -0.2) is 9.78 Å². The summed E-state index contributed by atoms with van der Waals surface area (Å²) in [6, 6.07) is 9.65. The molecule has 0 atom stereocenters. The van der Waals surface area contributed by atoms with Crippen molar-refractivity contribution < 1.29 is 4.79 Å². The first-order valence-electron chi connectivity index (χ1n) is 10.3. The van der Waals surface area contributed by atoms with Gasteiger partial charge in [0.1, 0.15) is 11.4 Å². The van der Waals surface area contributed by atoms with Crippen LogP contribution in [0.15, 0.2) is 35.1 Å². The first-order valence-corrected chi connectivity index (χ1v) is 11.1. The van der Waals surface area contributed by atoms with Crippen LogP contribution in [0.3, 0.4) is 0 Å². The third kappa shape index (κ3) is 2.94. The van der Waals surface area contributed by atoms with Gasteiger partial charge in [-0.3, -0.25) is 9.36 Å². The van der Waals surface area contributed by atoms with Crippen molar-refractivity contribution in [2.24, 2.45) is 0 Å². The van der Waals surface area contributed by atoms with Gasteiger partial charge in [-0.15, -0.1) is 16.4 Å². The number of thiophene rings is 1. The van der Waals surface area contributed by atoms with Gasteiger partial charge < -0.3 is 4.90 Å². The molecule has 1 aliphatic rings. The largest absolute Gasteiger partial charge is 0.352 e. The molecular formula is C22H23N5O2S. The minimum absolute atomic E-state index is 0.0113. The molecule has 5 rings (SSSR count). The highest BCUT2D eigenvalue weighted by molar-refractivity contribution is 7.19. The molecule has 0 aliphatic carbocycles. The van der Waals surface area contributed by atoms with E-state index in [9.17, 15) is 9.59 Å². The van der Waals surface area contributed by atoms with E-state index in [1.54, 1.807) is 15.9 Å². The number of likely N-dealkylation sites (tertiary alicyclic amines) is 1. The Hall–Kier alpha value is -3.00. The van der Waals surface area contributed by atoms with Gasteiger partial charge in [0.05, 0.1) is 5.39 Å². The molecule has 0 saturated carbocycles. The van der Waals surface area contributed by atoms with E-state index in [1.807, 2.05) is 35.2 Å². The molecule has 0 radical (unpaired) electrons. The summed E-state index contributed by atoms with van der Waals surface area (Å²) in [5.41, 5.74) is 2.27. The Balaban J connectivity index is 1.75. The fourth-order valence-electron chi connectivity index (χ4n) is 4.27. The summed E-state index contributed by atoms with van der Waals surface area (Å²) in [4.78, 5) is 34.8. The van der Waals surface area contributed by atoms with E-state index in [-0.39, 0.29) is 18.1 Å². The van der Waals surface area contributed by atoms with Crippen LogP contribution in [0.4, 0.5) is 0 Å². The van der Waals surface area contributed by atoms with Crippen LogP contribution in [0, 0.1) is 6.92 Å². The van der Waals surface area contributed by atoms with Gasteiger partial charge in [0.2, 0.25) is 5.91 Å². The smallest absolute Gasteiger partial charge is 0.341 e. The Bertz CT molecular complexity index is 1310. The van der Waals surface area contributed by atoms with Gasteiger partial charge in [-0.05, 0) is 31.7 Å². The van der Waals surface area contributed by atoms with E-state index in [0.717, 1.165) is 58.6 Å². The number of hydrogen-bond acceptors (Lipinski definition) is 5. The average Bonchev–Trinajstić information content (AvgIpc) is 3.49. The third-order valence-electron chi connectivity index (χ3n) is 5.82. The van der Waals surface area contributed by atoms with Crippen LogP contribution in [0.25, 0.3) is 27.3 Å². The van der Waals surface area contributed by atoms with Crippen LogP contribution in [0.1, 0.15) is 30.2 Å². The van der Waals surface area contributed by atoms with Crippen molar-refractivity contribution in [1.29, 1.82) is 0 Å². The molecule has 1 amide bonds. The first-order chi connectivity index (χ1) is 14.6. The minimum Gasteiger partial charge on any atom is -0.341 e. The molecule has 0 N–H and O–H groups in total. The summed E-state index contributed by atoms with van der Waals surface area (Å²) in [6.07, 6.45) is 2.88. The van der Waals surface area contributed by atoms with E-state index in [2.05, 4.69) is 18.9 Å². The number of benzene rings is 1. The first kappa shape index (κ1) is 19.0. The number of amides is 1. The second-order valence-corrected chi connectivity index (χ2v) is 8.87. The van der Waals surface area contributed by atoms with Gasteiger partial charge in [0.25, 0.3) is 0 Å². The Morgan fingerprint density at radius 3 is 2.60 bits per heavy atom. The van der Waals surface area contributed by atoms with Crippen LogP contribution < -0.4 is 5.69 Å². The van der Waals surface area contributed by atoms with E-state index in [0.29, 0.717) is 11.5 Å². The van der Waals surface area contributed by atoms with Crippen molar-refractivity contribution in [1.82, 2.24) is 24.1 Å². The fraction of sp³-hybridized carbons (Fsp3) is 0.364. The lowest BCUT2D eigenvalue weighted by atomic mass is 10.1. The fourth-order valence-corrected chi connectivity index (χ4v) is 5.50. The SMILES string of the molecule is CCc1c(C)sc2c1c1nc(-c3ccccc3)nn1c(=O)n2CC(=O)N1CCCC1. The average molecular weight is 422 g/mol. The lowest BCUT2D eigenvalue weighted by molar-refractivity contribution is -0.130. The molecule has 0 bridgehead atoms. The van der Waals surface area contributed by atoms with Crippen molar-refractivity contribution in [3.05, 3.63) is 51.3 Å². The molecule has 4 heterocycles. The van der Waals surface area contributed by atoms with E-state index in [4.69, 9.17) is 4.98 Å². The van der Waals surface area contributed by atoms with Gasteiger partial charge in [-0.2, -0.15) is 4.52 Å². The maximum absolute atomic E-state index is 13.4. The lowest BCUT2D eigenvalue weighted by Crippen LogP contribution is -2.36. The number of fused-ring (bicyclic) bond motifs is 3. The molecule has 0 spiro atoms. The molecule has 30 heavy (non-hydrogen) atoms. The number of nitrogens with zero attached hydrogens (tertiary/aromatic N) is 5. The van der Waals surface area contributed by atoms with Crippen molar-refractivity contribution in [2.45, 2.75) is 39.7 Å². The van der Waals surface area contributed by atoms with Crippen LogP contribution in [-0.2, 0) is 17.8 Å². The molecule has 3 aromatic heterocycles. The number of carbonyl (C=O) groups excluding carboxylic acids is 1. The van der Waals surface area contributed by atoms with Crippen LogP contribution in [0.2, 0.25) is 0 Å². The molecule has 7 nitrogen and oxygen atoms in total. The molecule has 1 aromatic carbocycles. The number of carbonyl (C=O) groups is 1. The van der Waals surface area contributed by atoms with E-state index >= 15 is 0 Å². The topological polar surface area (TPSA) is 72.5 Å². The molecule has 154 valence electrons. The summed E-state index contributed by atoms with van der Waals surface area (Å²) in [5, 5.41) is 5.47. The normalized spacial score (nSPS) is 14.3. The predicted octanol–water partition coefficient (Wildman–Crippen LogP) is 3.27. The van der Waals surface area contributed by atoms with Crippen molar-refractivity contribution in [3.8, 4) is 11.4 Å². The monoisotopic (exact) mass is 421 g/mol. The maximum Gasteiger partial charge on any atom is 0.352 e. The molecule has 8 heteroatoms. The molecule has 1 saturated heterocycles. The standard InChI is InChI=1S/C22H23N5O2S/c1-3-16-14(2)30-21-18(16)20-23-19(15-9-5-4-6-10-15)24-27(20)22(29)26(21)13-17(28)25-11-7-8-12-25/h4-6,9-10H,3,7-8,11-13H2,1-2H3. The van der Waals surface area contributed by atoms with Crippen LogP contribution >= 0.6 is 11.3 Å². The quantitative estimate of drug-likeness (QED) is 0.507. The van der Waals surface area contributed by atoms with Gasteiger partial charge in [-0.1, -0.05) is 37.3 Å². The Labute approximate surface area is 177 Å². The molecule has 1 fully saturated rings. The highest BCUT2D eigenvalue weighted by atomic mass is 32.1. The van der Waals surface area contributed by atoms with E-state index < -0.39 is 0 Å². The Morgan fingerprint density at radius 2 is 1.90 bits per heavy atom. The van der Waals surface area contributed by atoms with Crippen LogP contribution in [0.5, 0.6) is 0 Å². The second-order valence-electron chi connectivity index (χ2n) is 7.66.